The monoisotopic (exact) mass is 451 g/mol. The maximum atomic E-state index is 6.50. The fourth-order valence-corrected chi connectivity index (χ4v) is 20.3. The highest BCUT2D eigenvalue weighted by Crippen LogP contribution is 2.25. The van der Waals surface area contributed by atoms with Crippen molar-refractivity contribution >= 4 is 34.5 Å². The van der Waals surface area contributed by atoms with E-state index in [2.05, 4.69) is 46.2 Å². The van der Waals surface area contributed by atoms with Gasteiger partial charge in [-0.25, -0.2) is 0 Å². The zero-order valence-electron chi connectivity index (χ0n) is 19.7. The second-order valence-corrected chi connectivity index (χ2v) is 23.8. The van der Waals surface area contributed by atoms with E-state index < -0.39 is 34.5 Å². The van der Waals surface area contributed by atoms with E-state index in [-0.39, 0.29) is 0 Å². The van der Waals surface area contributed by atoms with Gasteiger partial charge in [0, 0.05) is 19.9 Å². The fraction of sp³-hybridized carbons (Fsp3) is 1.00. The Bertz CT molecular complexity index is 377. The predicted octanol–water partition coefficient (Wildman–Crippen LogP) is 6.59. The molecule has 0 amide bonds. The Hall–Kier alpha value is 0.708. The van der Waals surface area contributed by atoms with Crippen LogP contribution in [-0.4, -0.2) is 48.7 Å². The molecule has 0 aliphatic rings. The Morgan fingerprint density at radius 1 is 0.667 bits per heavy atom. The van der Waals surface area contributed by atoms with Gasteiger partial charge in [0.2, 0.25) is 0 Å². The van der Waals surface area contributed by atoms with E-state index in [4.69, 9.17) is 17.1 Å². The first kappa shape index (κ1) is 27.7. The van der Waals surface area contributed by atoms with Crippen molar-refractivity contribution in [3.8, 4) is 0 Å². The third kappa shape index (κ3) is 14.3. The maximum Gasteiger partial charge on any atom is 0.359 e. The third-order valence-corrected chi connectivity index (χ3v) is 21.1. The molecule has 0 saturated carbocycles. The molecule has 0 aliphatic carbocycles. The van der Waals surface area contributed by atoms with Gasteiger partial charge in [-0.15, -0.1) is 0 Å². The molecule has 0 atom stereocenters. The van der Waals surface area contributed by atoms with E-state index in [9.17, 15) is 0 Å². The first-order chi connectivity index (χ1) is 12.5. The van der Waals surface area contributed by atoms with Crippen LogP contribution >= 0.6 is 0 Å². The van der Waals surface area contributed by atoms with Crippen LogP contribution in [0.3, 0.4) is 0 Å². The van der Waals surface area contributed by atoms with Gasteiger partial charge >= 0.3 is 17.8 Å². The van der Waals surface area contributed by atoms with Crippen molar-refractivity contribution in [1.82, 2.24) is 0 Å². The summed E-state index contributed by atoms with van der Waals surface area (Å²) in [7, 11) is -3.27. The molecule has 0 aromatic rings. The first-order valence-electron chi connectivity index (χ1n) is 10.8. The van der Waals surface area contributed by atoms with Crippen molar-refractivity contribution in [1.29, 1.82) is 0 Å². The topological polar surface area (TPSA) is 36.9 Å². The Kier molecular flexibility index (Phi) is 14.2. The van der Waals surface area contributed by atoms with Gasteiger partial charge in [0.25, 0.3) is 0 Å². The Labute approximate surface area is 175 Å². The summed E-state index contributed by atoms with van der Waals surface area (Å²) >= 11 is 0. The minimum Gasteiger partial charge on any atom is -0.436 e. The average Bonchev–Trinajstić information content (AvgIpc) is 2.55. The van der Waals surface area contributed by atoms with Gasteiger partial charge in [-0.2, -0.15) is 0 Å². The Balaban J connectivity index is 4.17. The summed E-state index contributed by atoms with van der Waals surface area (Å²) < 4.78 is 24.3. The summed E-state index contributed by atoms with van der Waals surface area (Å²) in [6.45, 7) is 15.8. The molecular weight excluding hydrogens is 405 g/mol. The van der Waals surface area contributed by atoms with E-state index in [0.29, 0.717) is 0 Å². The van der Waals surface area contributed by atoms with Crippen LogP contribution in [0.4, 0.5) is 0 Å². The molecule has 0 saturated heterocycles. The lowest BCUT2D eigenvalue weighted by Crippen LogP contribution is -2.50. The van der Waals surface area contributed by atoms with Gasteiger partial charge in [-0.1, -0.05) is 58.3 Å². The molecule has 0 spiro atoms. The normalized spacial score (nSPS) is 13.6. The van der Waals surface area contributed by atoms with Crippen molar-refractivity contribution in [3.05, 3.63) is 0 Å². The molecule has 0 aromatic carbocycles. The van der Waals surface area contributed by atoms with Crippen LogP contribution < -0.4 is 0 Å². The van der Waals surface area contributed by atoms with Gasteiger partial charge in [0.15, 0.2) is 16.6 Å². The van der Waals surface area contributed by atoms with Crippen LogP contribution in [0.15, 0.2) is 0 Å². The minimum atomic E-state index is -2.09. The van der Waals surface area contributed by atoms with Crippen molar-refractivity contribution in [3.63, 3.8) is 0 Å². The second-order valence-electron chi connectivity index (χ2n) is 9.16. The number of hydrogen-bond donors (Lipinski definition) is 0. The highest BCUT2D eigenvalue weighted by atomic mass is 28.5. The quantitative estimate of drug-likeness (QED) is 0.184. The second kappa shape index (κ2) is 13.8. The van der Waals surface area contributed by atoms with Crippen molar-refractivity contribution in [2.45, 2.75) is 109 Å². The van der Waals surface area contributed by atoms with Crippen LogP contribution in [0.5, 0.6) is 0 Å². The van der Waals surface area contributed by atoms with Crippen molar-refractivity contribution < 1.29 is 17.1 Å². The lowest BCUT2D eigenvalue weighted by Gasteiger charge is -2.35. The third-order valence-electron chi connectivity index (χ3n) is 5.08. The van der Waals surface area contributed by atoms with E-state index >= 15 is 0 Å². The molecule has 8 heteroatoms. The molecule has 0 fully saturated rings. The summed E-state index contributed by atoms with van der Waals surface area (Å²) in [6, 6.07) is 1.25. The molecule has 0 unspecified atom stereocenters. The van der Waals surface area contributed by atoms with Gasteiger partial charge in [-0.3, -0.25) is 0 Å². The maximum absolute atomic E-state index is 6.50. The molecule has 1 radical (unpaired) electrons. The molecule has 163 valence electrons. The molecule has 4 nitrogen and oxygen atoms in total. The van der Waals surface area contributed by atoms with Crippen molar-refractivity contribution in [2.24, 2.45) is 0 Å². The Morgan fingerprint density at radius 2 is 1.11 bits per heavy atom. The van der Waals surface area contributed by atoms with Crippen molar-refractivity contribution in [2.75, 3.05) is 14.2 Å². The van der Waals surface area contributed by atoms with E-state index in [1.54, 1.807) is 14.2 Å². The molecule has 0 N–H and O–H groups in total. The summed E-state index contributed by atoms with van der Waals surface area (Å²) in [4.78, 5) is 0. The van der Waals surface area contributed by atoms with Crippen LogP contribution in [-0.2, 0) is 17.1 Å². The molecular formula is C19H47O4Si4. The average molecular weight is 452 g/mol. The van der Waals surface area contributed by atoms with E-state index in [0.717, 1.165) is 5.67 Å². The highest BCUT2D eigenvalue weighted by Gasteiger charge is 2.41. The lowest BCUT2D eigenvalue weighted by atomic mass is 10.1. The number of unbranched alkanes of at least 4 members (excludes halogenated alkanes) is 7. The van der Waals surface area contributed by atoms with Gasteiger partial charge in [0.1, 0.15) is 0 Å². The summed E-state index contributed by atoms with van der Waals surface area (Å²) in [5.74, 6) is 0. The van der Waals surface area contributed by atoms with Crippen LogP contribution in [0.25, 0.3) is 0 Å². The zero-order chi connectivity index (χ0) is 21.0. The molecule has 0 aromatic heterocycles. The fourth-order valence-electron chi connectivity index (χ4n) is 3.57. The van der Waals surface area contributed by atoms with Crippen LogP contribution in [0.2, 0.25) is 51.0 Å². The van der Waals surface area contributed by atoms with Gasteiger partial charge < -0.3 is 17.1 Å². The largest absolute Gasteiger partial charge is 0.436 e. The standard InChI is InChI=1S/C19H47O4Si4/c1-10-11-12-13-14-15-16-17-18-25(5,6)22-24(4)23-26(7,8)19-27(9,20-2)21-3/h10-19H2,1-9H3. The van der Waals surface area contributed by atoms with Crippen LogP contribution in [0.1, 0.15) is 58.3 Å². The zero-order valence-corrected chi connectivity index (χ0v) is 23.7. The lowest BCUT2D eigenvalue weighted by molar-refractivity contribution is 0.253. The molecule has 27 heavy (non-hydrogen) atoms. The number of rotatable bonds is 17. The van der Waals surface area contributed by atoms with Gasteiger partial charge in [-0.05, 0) is 45.3 Å². The molecule has 0 rings (SSSR count). The molecule has 0 heterocycles. The summed E-state index contributed by atoms with van der Waals surface area (Å²) in [6.07, 6.45) is 11.0. The van der Waals surface area contributed by atoms with E-state index in [1.807, 2.05) is 0 Å². The first-order valence-corrected chi connectivity index (χ1v) is 21.4. The highest BCUT2D eigenvalue weighted by molar-refractivity contribution is 6.90. The van der Waals surface area contributed by atoms with Gasteiger partial charge in [0.05, 0.1) is 0 Å². The van der Waals surface area contributed by atoms with Crippen LogP contribution in [0, 0.1) is 0 Å². The van der Waals surface area contributed by atoms with E-state index in [1.165, 1.54) is 57.4 Å². The smallest absolute Gasteiger partial charge is 0.359 e. The summed E-state index contributed by atoms with van der Waals surface area (Å²) in [5, 5.41) is 0. The molecule has 0 aliphatic heterocycles. The number of hydrogen-bond acceptors (Lipinski definition) is 4. The predicted molar refractivity (Wildman–Crippen MR) is 127 cm³/mol. The molecule has 0 bridgehead atoms. The SMILES string of the molecule is CCCCCCCCCC[Si](C)(C)O[Si](C)O[Si](C)(C)C[Si](C)(OC)OC. The summed E-state index contributed by atoms with van der Waals surface area (Å²) in [5.41, 5.74) is 0.943. The minimum absolute atomic E-state index is 0.943. The Morgan fingerprint density at radius 3 is 1.59 bits per heavy atom.